The molecule has 190 valence electrons. The zero-order valence-corrected chi connectivity index (χ0v) is 21.2. The van der Waals surface area contributed by atoms with Crippen molar-refractivity contribution in [1.29, 1.82) is 0 Å². The summed E-state index contributed by atoms with van der Waals surface area (Å²) >= 11 is 0. The maximum atomic E-state index is 14.4. The van der Waals surface area contributed by atoms with Crippen molar-refractivity contribution in [2.24, 2.45) is 5.92 Å². The van der Waals surface area contributed by atoms with Gasteiger partial charge in [-0.05, 0) is 37.1 Å². The lowest BCUT2D eigenvalue weighted by Crippen LogP contribution is -2.46. The molecule has 7 nitrogen and oxygen atoms in total. The number of anilines is 1. The number of halogens is 1. The number of benzene rings is 2. The Hall–Kier alpha value is -2.97. The van der Waals surface area contributed by atoms with Crippen LogP contribution in [0.15, 0.2) is 42.5 Å². The number of likely N-dealkylation sites (N-methyl/N-ethyl adjacent to an activating group) is 1. The van der Waals surface area contributed by atoms with Crippen molar-refractivity contribution in [2.45, 2.75) is 45.9 Å². The molecule has 0 radical (unpaired) electrons. The number of nitrogens with zero attached hydrogens (tertiary/aromatic N) is 2. The smallest absolute Gasteiger partial charge is 0.257 e. The van der Waals surface area contributed by atoms with Crippen LogP contribution in [0.1, 0.15) is 43.1 Å². The lowest BCUT2D eigenvalue weighted by Gasteiger charge is -2.36. The second-order valence-electron chi connectivity index (χ2n) is 9.23. The summed E-state index contributed by atoms with van der Waals surface area (Å²) in [5.41, 5.74) is 1.54. The van der Waals surface area contributed by atoms with Crippen LogP contribution in [0.3, 0.4) is 0 Å². The number of amides is 2. The number of hydrogen-bond donors (Lipinski definition) is 1. The standard InChI is InChI=1S/C27H36FN3O4/c1-6-26(32)29-21-11-12-24-22(13-21)27(33)30(4)16-25(34-5)18(2)14-31(19(3)17-35-24)15-20-9-7-8-10-23(20)28/h7-13,18-19,25H,6,14-17H2,1-5H3,(H,29,32)/t18-,19-,25-/m1/s1. The van der Waals surface area contributed by atoms with E-state index in [2.05, 4.69) is 17.1 Å². The van der Waals surface area contributed by atoms with E-state index in [1.807, 2.05) is 13.0 Å². The van der Waals surface area contributed by atoms with Crippen LogP contribution in [0.2, 0.25) is 0 Å². The van der Waals surface area contributed by atoms with Gasteiger partial charge in [-0.1, -0.05) is 32.0 Å². The molecule has 1 N–H and O–H groups in total. The molecule has 2 aromatic rings. The van der Waals surface area contributed by atoms with Crippen molar-refractivity contribution in [3.8, 4) is 5.75 Å². The van der Waals surface area contributed by atoms with Crippen LogP contribution < -0.4 is 10.1 Å². The lowest BCUT2D eigenvalue weighted by molar-refractivity contribution is -0.115. The Morgan fingerprint density at radius 3 is 2.63 bits per heavy atom. The van der Waals surface area contributed by atoms with Gasteiger partial charge in [-0.2, -0.15) is 0 Å². The van der Waals surface area contributed by atoms with Crippen molar-refractivity contribution >= 4 is 17.5 Å². The largest absolute Gasteiger partial charge is 0.491 e. The first kappa shape index (κ1) is 26.6. The van der Waals surface area contributed by atoms with Crippen molar-refractivity contribution in [3.05, 3.63) is 59.4 Å². The summed E-state index contributed by atoms with van der Waals surface area (Å²) in [6.45, 7) is 7.64. The number of methoxy groups -OCH3 is 1. The monoisotopic (exact) mass is 485 g/mol. The number of ether oxygens (including phenoxy) is 2. The highest BCUT2D eigenvalue weighted by molar-refractivity contribution is 5.99. The first-order chi connectivity index (χ1) is 16.7. The number of nitrogens with one attached hydrogen (secondary N) is 1. The molecular formula is C27H36FN3O4. The fraction of sp³-hybridized carbons (Fsp3) is 0.481. The minimum atomic E-state index is -0.236. The summed E-state index contributed by atoms with van der Waals surface area (Å²) in [4.78, 5) is 29.1. The summed E-state index contributed by atoms with van der Waals surface area (Å²) in [5, 5.41) is 2.81. The molecule has 1 aliphatic heterocycles. The van der Waals surface area contributed by atoms with Crippen molar-refractivity contribution in [3.63, 3.8) is 0 Å². The zero-order chi connectivity index (χ0) is 25.5. The van der Waals surface area contributed by atoms with Crippen LogP contribution in [0.5, 0.6) is 5.75 Å². The van der Waals surface area contributed by atoms with E-state index in [0.717, 1.165) is 0 Å². The second kappa shape index (κ2) is 12.1. The van der Waals surface area contributed by atoms with Crippen LogP contribution >= 0.6 is 0 Å². The normalized spacial score (nSPS) is 21.9. The maximum Gasteiger partial charge on any atom is 0.257 e. The minimum absolute atomic E-state index is 0.0610. The van der Waals surface area contributed by atoms with Crippen LogP contribution in [0, 0.1) is 11.7 Å². The molecule has 0 aromatic heterocycles. The van der Waals surface area contributed by atoms with Gasteiger partial charge in [0, 0.05) is 57.5 Å². The molecule has 8 heteroatoms. The van der Waals surface area contributed by atoms with Crippen LogP contribution in [0.25, 0.3) is 0 Å². The highest BCUT2D eigenvalue weighted by Crippen LogP contribution is 2.27. The van der Waals surface area contributed by atoms with Gasteiger partial charge in [-0.3, -0.25) is 14.5 Å². The number of rotatable bonds is 5. The van der Waals surface area contributed by atoms with Gasteiger partial charge in [0.2, 0.25) is 5.91 Å². The fourth-order valence-corrected chi connectivity index (χ4v) is 4.24. The van der Waals surface area contributed by atoms with Gasteiger partial charge >= 0.3 is 0 Å². The third-order valence-electron chi connectivity index (χ3n) is 6.51. The molecule has 0 saturated heterocycles. The Bertz CT molecular complexity index is 1030. The molecule has 0 saturated carbocycles. The van der Waals surface area contributed by atoms with Gasteiger partial charge in [0.05, 0.1) is 11.7 Å². The van der Waals surface area contributed by atoms with Crippen molar-refractivity contribution < 1.29 is 23.5 Å². The zero-order valence-electron chi connectivity index (χ0n) is 21.2. The van der Waals surface area contributed by atoms with Crippen LogP contribution in [-0.2, 0) is 16.1 Å². The second-order valence-corrected chi connectivity index (χ2v) is 9.23. The van der Waals surface area contributed by atoms with Gasteiger partial charge in [0.1, 0.15) is 18.2 Å². The van der Waals surface area contributed by atoms with Gasteiger partial charge < -0.3 is 19.7 Å². The van der Waals surface area contributed by atoms with E-state index in [9.17, 15) is 14.0 Å². The highest BCUT2D eigenvalue weighted by atomic mass is 19.1. The molecule has 2 amide bonds. The third-order valence-corrected chi connectivity index (χ3v) is 6.51. The number of fused-ring (bicyclic) bond motifs is 1. The Morgan fingerprint density at radius 2 is 1.94 bits per heavy atom. The van der Waals surface area contributed by atoms with Gasteiger partial charge in [0.25, 0.3) is 5.91 Å². The van der Waals surface area contributed by atoms with E-state index in [1.54, 1.807) is 56.3 Å². The van der Waals surface area contributed by atoms with Crippen molar-refractivity contribution in [2.75, 3.05) is 39.2 Å². The van der Waals surface area contributed by atoms with E-state index in [0.29, 0.717) is 55.2 Å². The quantitative estimate of drug-likeness (QED) is 0.688. The summed E-state index contributed by atoms with van der Waals surface area (Å²) in [6.07, 6.45) is 0.121. The first-order valence-corrected chi connectivity index (χ1v) is 12.1. The molecule has 0 fully saturated rings. The van der Waals surface area contributed by atoms with E-state index in [1.165, 1.54) is 6.07 Å². The van der Waals surface area contributed by atoms with Gasteiger partial charge in [-0.15, -0.1) is 0 Å². The lowest BCUT2D eigenvalue weighted by atomic mass is 10.0. The predicted molar refractivity (Wildman–Crippen MR) is 134 cm³/mol. The van der Waals surface area contributed by atoms with E-state index < -0.39 is 0 Å². The molecule has 0 unspecified atom stereocenters. The maximum absolute atomic E-state index is 14.4. The van der Waals surface area contributed by atoms with Crippen LogP contribution in [-0.4, -0.2) is 67.6 Å². The molecule has 0 aliphatic carbocycles. The average molecular weight is 486 g/mol. The van der Waals surface area contributed by atoms with E-state index in [4.69, 9.17) is 9.47 Å². The Kier molecular flexibility index (Phi) is 9.23. The van der Waals surface area contributed by atoms with Gasteiger partial charge in [0.15, 0.2) is 0 Å². The molecule has 35 heavy (non-hydrogen) atoms. The number of hydrogen-bond acceptors (Lipinski definition) is 5. The summed E-state index contributed by atoms with van der Waals surface area (Å²) < 4.78 is 26.4. The molecule has 3 rings (SSSR count). The van der Waals surface area contributed by atoms with Crippen molar-refractivity contribution in [1.82, 2.24) is 9.80 Å². The fourth-order valence-electron chi connectivity index (χ4n) is 4.24. The Morgan fingerprint density at radius 1 is 1.20 bits per heavy atom. The van der Waals surface area contributed by atoms with E-state index in [-0.39, 0.29) is 35.7 Å². The summed E-state index contributed by atoms with van der Waals surface area (Å²) in [6, 6.07) is 11.8. The number of carbonyl (C=O) groups is 2. The molecule has 0 bridgehead atoms. The Balaban J connectivity index is 1.95. The number of carbonyl (C=O) groups excluding carboxylic acids is 2. The van der Waals surface area contributed by atoms with Gasteiger partial charge in [-0.25, -0.2) is 4.39 Å². The average Bonchev–Trinajstić information content (AvgIpc) is 2.85. The molecular weight excluding hydrogens is 449 g/mol. The molecule has 1 heterocycles. The first-order valence-electron chi connectivity index (χ1n) is 12.1. The topological polar surface area (TPSA) is 71.1 Å². The summed E-state index contributed by atoms with van der Waals surface area (Å²) in [5.74, 6) is -0.0704. The molecule has 2 aromatic carbocycles. The molecule has 1 aliphatic rings. The predicted octanol–water partition coefficient (Wildman–Crippen LogP) is 4.18. The summed E-state index contributed by atoms with van der Waals surface area (Å²) in [7, 11) is 3.37. The molecule has 0 spiro atoms. The minimum Gasteiger partial charge on any atom is -0.491 e. The third kappa shape index (κ3) is 6.80. The SMILES string of the molecule is CCC(=O)Nc1ccc2c(c1)C(=O)N(C)C[C@@H](OC)[C@H](C)CN(Cc1ccccc1F)[C@H](C)CO2. The van der Waals surface area contributed by atoms with E-state index >= 15 is 0 Å². The van der Waals surface area contributed by atoms with Crippen LogP contribution in [0.4, 0.5) is 10.1 Å². The molecule has 3 atom stereocenters. The Labute approximate surface area is 207 Å². The highest BCUT2D eigenvalue weighted by Gasteiger charge is 2.29.